The highest BCUT2D eigenvalue weighted by Crippen LogP contribution is 2.24. The molecule has 0 unspecified atom stereocenters. The summed E-state index contributed by atoms with van der Waals surface area (Å²) >= 11 is 0. The first kappa shape index (κ1) is 24.5. The number of amides is 2. The predicted octanol–water partition coefficient (Wildman–Crippen LogP) is 2.09. The molecule has 10 nitrogen and oxygen atoms in total. The van der Waals surface area contributed by atoms with Gasteiger partial charge in [0.05, 0.1) is 18.9 Å². The molecule has 1 fully saturated rings. The molecule has 0 saturated carbocycles. The van der Waals surface area contributed by atoms with Gasteiger partial charge in [0, 0.05) is 37.5 Å². The van der Waals surface area contributed by atoms with Crippen molar-refractivity contribution in [2.75, 3.05) is 24.8 Å². The minimum atomic E-state index is -1.05. The van der Waals surface area contributed by atoms with Gasteiger partial charge in [-0.15, -0.1) is 0 Å². The Balaban J connectivity index is 1.47. The zero-order chi connectivity index (χ0) is 26.1. The summed E-state index contributed by atoms with van der Waals surface area (Å²) in [5.74, 6) is -3.43. The van der Waals surface area contributed by atoms with Crippen molar-refractivity contribution in [1.29, 1.82) is 0 Å². The number of hydrogen-bond acceptors (Lipinski definition) is 7. The first-order chi connectivity index (χ1) is 17.8. The molecule has 2 aliphatic rings. The molecule has 0 aliphatic carbocycles. The summed E-state index contributed by atoms with van der Waals surface area (Å²) in [6.07, 6.45) is 4.16. The Kier molecular flexibility index (Phi) is 6.66. The minimum Gasteiger partial charge on any atom is -0.502 e. The lowest BCUT2D eigenvalue weighted by Crippen LogP contribution is -2.55. The maximum atomic E-state index is 14.0. The van der Waals surface area contributed by atoms with E-state index >= 15 is 0 Å². The number of halogens is 2. The van der Waals surface area contributed by atoms with Crippen LogP contribution in [0, 0.1) is 11.6 Å². The molecule has 4 heterocycles. The van der Waals surface area contributed by atoms with Gasteiger partial charge >= 0.3 is 0 Å². The smallest absolute Gasteiger partial charge is 0.277 e. The fourth-order valence-electron chi connectivity index (χ4n) is 4.47. The second-order valence-corrected chi connectivity index (χ2v) is 8.88. The van der Waals surface area contributed by atoms with E-state index in [4.69, 9.17) is 9.15 Å². The quantitative estimate of drug-likeness (QED) is 0.496. The molecule has 5 rings (SSSR count). The molecule has 3 aromatic rings. The first-order valence-electron chi connectivity index (χ1n) is 11.7. The Labute approximate surface area is 209 Å². The van der Waals surface area contributed by atoms with Crippen LogP contribution in [0.1, 0.15) is 45.0 Å². The number of carbonyl (C=O) groups is 2. The Morgan fingerprint density at radius 1 is 1.22 bits per heavy atom. The van der Waals surface area contributed by atoms with E-state index in [0.717, 1.165) is 25.1 Å². The molecule has 2 aromatic heterocycles. The summed E-state index contributed by atoms with van der Waals surface area (Å²) in [6.45, 7) is 0.796. The normalized spacial score (nSPS) is 17.2. The number of nitrogens with one attached hydrogen (secondary N) is 1. The minimum absolute atomic E-state index is 0.0106. The molecule has 0 spiro atoms. The summed E-state index contributed by atoms with van der Waals surface area (Å²) in [5, 5.41) is 14.8. The Morgan fingerprint density at radius 3 is 2.76 bits per heavy atom. The molecule has 2 amide bonds. The number of fused-ring (bicyclic) bond motifs is 1. The van der Waals surface area contributed by atoms with Crippen LogP contribution in [0.4, 0.5) is 8.78 Å². The van der Waals surface area contributed by atoms with E-state index in [1.807, 2.05) is 0 Å². The fraction of sp³-hybridized carbons (Fsp3) is 0.320. The van der Waals surface area contributed by atoms with Crippen LogP contribution in [0.2, 0.25) is 0 Å². The number of ether oxygens (including phenoxy) is 1. The van der Waals surface area contributed by atoms with E-state index in [9.17, 15) is 28.3 Å². The number of pyridine rings is 1. The number of hydrogen-bond donors (Lipinski definition) is 2. The van der Waals surface area contributed by atoms with E-state index in [0.29, 0.717) is 18.4 Å². The zero-order valence-electron chi connectivity index (χ0n) is 19.7. The van der Waals surface area contributed by atoms with Crippen LogP contribution in [0.15, 0.2) is 52.0 Å². The number of aromatic hydroxyl groups is 1. The average Bonchev–Trinajstić information content (AvgIpc) is 3.57. The van der Waals surface area contributed by atoms with Crippen LogP contribution in [0.3, 0.4) is 0 Å². The van der Waals surface area contributed by atoms with Crippen molar-refractivity contribution in [1.82, 2.24) is 14.9 Å². The van der Waals surface area contributed by atoms with Gasteiger partial charge in [-0.25, -0.2) is 8.78 Å². The largest absolute Gasteiger partial charge is 0.502 e. The lowest BCUT2D eigenvalue weighted by molar-refractivity contribution is 0.0453. The summed E-state index contributed by atoms with van der Waals surface area (Å²) in [4.78, 5) is 40.6. The topological polar surface area (TPSA) is 117 Å². The number of aromatic nitrogens is 1. The average molecular weight is 514 g/mol. The highest BCUT2D eigenvalue weighted by molar-refractivity contribution is 5.99. The van der Waals surface area contributed by atoms with Crippen molar-refractivity contribution in [2.45, 2.75) is 32.0 Å². The molecule has 37 heavy (non-hydrogen) atoms. The molecule has 12 heteroatoms. The maximum Gasteiger partial charge on any atom is 0.277 e. The third-order valence-corrected chi connectivity index (χ3v) is 6.36. The highest BCUT2D eigenvalue weighted by Gasteiger charge is 2.36. The molecule has 1 saturated heterocycles. The Hall–Kier alpha value is -4.19. The summed E-state index contributed by atoms with van der Waals surface area (Å²) in [5.41, 5.74) is -1.78. The summed E-state index contributed by atoms with van der Waals surface area (Å²) in [7, 11) is 0. The summed E-state index contributed by atoms with van der Waals surface area (Å²) < 4.78 is 39.5. The summed E-state index contributed by atoms with van der Waals surface area (Å²) in [6, 6.07) is 6.33. The van der Waals surface area contributed by atoms with Crippen molar-refractivity contribution in [3.05, 3.63) is 87.2 Å². The van der Waals surface area contributed by atoms with Crippen LogP contribution in [-0.2, 0) is 17.8 Å². The van der Waals surface area contributed by atoms with Crippen molar-refractivity contribution in [2.24, 2.45) is 0 Å². The second-order valence-electron chi connectivity index (χ2n) is 8.88. The van der Waals surface area contributed by atoms with Crippen molar-refractivity contribution in [3.8, 4) is 5.75 Å². The van der Waals surface area contributed by atoms with Gasteiger partial charge in [-0.3, -0.25) is 24.1 Å². The van der Waals surface area contributed by atoms with Gasteiger partial charge in [-0.2, -0.15) is 0 Å². The number of nitrogens with zero attached hydrogens (tertiary/aromatic N) is 3. The van der Waals surface area contributed by atoms with E-state index in [1.54, 1.807) is 17.1 Å². The van der Waals surface area contributed by atoms with Gasteiger partial charge in [0.15, 0.2) is 11.4 Å². The van der Waals surface area contributed by atoms with Crippen molar-refractivity contribution >= 4 is 11.8 Å². The van der Waals surface area contributed by atoms with E-state index in [2.05, 4.69) is 5.32 Å². The predicted molar refractivity (Wildman–Crippen MR) is 125 cm³/mol. The number of benzene rings is 1. The van der Waals surface area contributed by atoms with E-state index in [1.165, 1.54) is 21.9 Å². The molecule has 0 radical (unpaired) electrons. The fourth-order valence-corrected chi connectivity index (χ4v) is 4.47. The highest BCUT2D eigenvalue weighted by atomic mass is 19.1. The molecular formula is C25H24F2N4O6. The molecule has 2 aliphatic heterocycles. The second kappa shape index (κ2) is 10.1. The van der Waals surface area contributed by atoms with Gasteiger partial charge in [0.25, 0.3) is 11.8 Å². The Bertz CT molecular complexity index is 1380. The van der Waals surface area contributed by atoms with E-state index in [-0.39, 0.29) is 43.7 Å². The lowest BCUT2D eigenvalue weighted by Gasteiger charge is -2.40. The van der Waals surface area contributed by atoms with Crippen molar-refractivity contribution in [3.63, 3.8) is 0 Å². The van der Waals surface area contributed by atoms with Crippen molar-refractivity contribution < 1.29 is 32.6 Å². The van der Waals surface area contributed by atoms with Crippen LogP contribution in [0.25, 0.3) is 0 Å². The van der Waals surface area contributed by atoms with Crippen LogP contribution < -0.4 is 15.8 Å². The Morgan fingerprint density at radius 2 is 2.05 bits per heavy atom. The molecule has 1 atom stereocenters. The SMILES string of the molecule is O=C(NCc1ccc(F)cc1F)c1cn2c(c(O)c1=O)C(=O)N(C[C@H]1CCCO1)CN2Cc1ccco1. The van der Waals surface area contributed by atoms with Crippen LogP contribution in [0.5, 0.6) is 5.75 Å². The van der Waals surface area contributed by atoms with Gasteiger partial charge < -0.3 is 24.5 Å². The third kappa shape index (κ3) is 4.92. The first-order valence-corrected chi connectivity index (χ1v) is 11.7. The third-order valence-electron chi connectivity index (χ3n) is 6.36. The molecule has 194 valence electrons. The molecule has 2 N–H and O–H groups in total. The van der Waals surface area contributed by atoms with E-state index < -0.39 is 40.2 Å². The van der Waals surface area contributed by atoms with Gasteiger partial charge in [-0.05, 0) is 31.0 Å². The number of rotatable bonds is 7. The number of carbonyl (C=O) groups excluding carboxylic acids is 2. The lowest BCUT2D eigenvalue weighted by atomic mass is 10.1. The van der Waals surface area contributed by atoms with Gasteiger partial charge in [0.2, 0.25) is 5.43 Å². The molecular weight excluding hydrogens is 490 g/mol. The zero-order valence-corrected chi connectivity index (χ0v) is 19.7. The van der Waals surface area contributed by atoms with Crippen LogP contribution in [-0.4, -0.2) is 52.4 Å². The van der Waals surface area contributed by atoms with Gasteiger partial charge in [0.1, 0.15) is 29.6 Å². The number of furan rings is 1. The molecule has 0 bridgehead atoms. The van der Waals surface area contributed by atoms with Crippen LogP contribution >= 0.6 is 0 Å². The standard InChI is InChI=1S/C25H24F2N4O6/c26-16-6-5-15(20(27)9-16)10-28-24(34)19-13-31-21(23(33)22(19)32)25(35)29(11-17-3-1-7-36-17)14-30(31)12-18-4-2-8-37-18/h2,4-6,8-9,13,17,33H,1,3,7,10-12,14H2,(H,28,34)/t17-/m1/s1. The molecule has 1 aromatic carbocycles. The van der Waals surface area contributed by atoms with Gasteiger partial charge in [-0.1, -0.05) is 6.07 Å². The monoisotopic (exact) mass is 514 g/mol. The maximum absolute atomic E-state index is 14.0.